The largest absolute Gasteiger partial charge is 0.317 e. The molecule has 0 bridgehead atoms. The van der Waals surface area contributed by atoms with Crippen LogP contribution in [0, 0.1) is 23.7 Å². The molecule has 0 amide bonds. The second-order valence-electron chi connectivity index (χ2n) is 9.04. The summed E-state index contributed by atoms with van der Waals surface area (Å²) in [6.45, 7) is 17.3. The highest BCUT2D eigenvalue weighted by Crippen LogP contribution is 2.47. The zero-order valence-electron chi connectivity index (χ0n) is 18.9. The maximum Gasteiger partial charge on any atom is -0.00464 e. The van der Waals surface area contributed by atoms with E-state index >= 15 is 0 Å². The lowest BCUT2D eigenvalue weighted by molar-refractivity contribution is 0.329. The Morgan fingerprint density at radius 1 is 1.00 bits per heavy atom. The molecule has 27 heavy (non-hydrogen) atoms. The summed E-state index contributed by atoms with van der Waals surface area (Å²) >= 11 is 0. The van der Waals surface area contributed by atoms with Gasteiger partial charge in [0.2, 0.25) is 0 Å². The van der Waals surface area contributed by atoms with Crippen LogP contribution < -0.4 is 5.32 Å². The Bertz CT molecular complexity index is 386. The van der Waals surface area contributed by atoms with Gasteiger partial charge in [0.15, 0.2) is 0 Å². The molecule has 1 nitrogen and oxygen atoms in total. The minimum Gasteiger partial charge on any atom is -0.317 e. The highest BCUT2D eigenvalue weighted by molar-refractivity contribution is 5.14. The average molecular weight is 376 g/mol. The molecule has 4 atom stereocenters. The second-order valence-corrected chi connectivity index (χ2v) is 9.04. The van der Waals surface area contributed by atoms with Gasteiger partial charge >= 0.3 is 0 Å². The number of nitrogens with one attached hydrogen (secondary N) is 1. The first-order chi connectivity index (χ1) is 13.2. The number of unbranched alkanes of at least 4 members (excludes halogenated alkanes) is 2. The molecule has 0 spiro atoms. The van der Waals surface area contributed by atoms with Crippen LogP contribution in [-0.4, -0.2) is 13.1 Å². The summed E-state index contributed by atoms with van der Waals surface area (Å²) in [4.78, 5) is 0. The van der Waals surface area contributed by atoms with Crippen molar-refractivity contribution in [2.24, 2.45) is 23.7 Å². The molecule has 0 aromatic rings. The normalized spacial score (nSPS) is 21.0. The predicted molar refractivity (Wildman–Crippen MR) is 123 cm³/mol. The molecule has 1 saturated carbocycles. The first-order valence-electron chi connectivity index (χ1n) is 12.1. The SMILES string of the molecule is C=CCC(=C)C1CC1CCCCCC(CC)CCC(CCC)CCNCC. The standard InChI is InChI=1S/C26H49N/c1-6-13-22(5)26-21-25(26)16-12-10-11-15-23(8-3)17-18-24(14-7-2)19-20-27-9-4/h6,23-27H,1,5,7-21H2,2-4H3. The fourth-order valence-corrected chi connectivity index (χ4v) is 4.77. The molecule has 158 valence electrons. The summed E-state index contributed by atoms with van der Waals surface area (Å²) in [7, 11) is 0. The van der Waals surface area contributed by atoms with Gasteiger partial charge in [-0.3, -0.25) is 0 Å². The maximum absolute atomic E-state index is 4.23. The molecule has 0 aromatic heterocycles. The van der Waals surface area contributed by atoms with E-state index in [1.165, 1.54) is 89.2 Å². The summed E-state index contributed by atoms with van der Waals surface area (Å²) in [5.41, 5.74) is 1.43. The van der Waals surface area contributed by atoms with Gasteiger partial charge in [-0.05, 0) is 62.4 Å². The zero-order chi connectivity index (χ0) is 19.9. The minimum atomic E-state index is 0.823. The van der Waals surface area contributed by atoms with Crippen molar-refractivity contribution >= 4 is 0 Å². The fourth-order valence-electron chi connectivity index (χ4n) is 4.77. The van der Waals surface area contributed by atoms with Crippen LogP contribution in [0.2, 0.25) is 0 Å². The van der Waals surface area contributed by atoms with Gasteiger partial charge in [0.1, 0.15) is 0 Å². The van der Waals surface area contributed by atoms with Crippen molar-refractivity contribution in [1.29, 1.82) is 0 Å². The molecule has 1 fully saturated rings. The number of allylic oxidation sites excluding steroid dienone is 2. The lowest BCUT2D eigenvalue weighted by atomic mass is 9.87. The zero-order valence-corrected chi connectivity index (χ0v) is 18.9. The van der Waals surface area contributed by atoms with E-state index in [-0.39, 0.29) is 0 Å². The van der Waals surface area contributed by atoms with Crippen molar-refractivity contribution in [3.63, 3.8) is 0 Å². The van der Waals surface area contributed by atoms with Gasteiger partial charge in [0, 0.05) is 0 Å². The van der Waals surface area contributed by atoms with E-state index in [2.05, 4.69) is 39.2 Å². The molecular formula is C26H49N. The van der Waals surface area contributed by atoms with Gasteiger partial charge in [-0.25, -0.2) is 0 Å². The summed E-state index contributed by atoms with van der Waals surface area (Å²) in [5, 5.41) is 3.51. The lowest BCUT2D eigenvalue weighted by Gasteiger charge is -2.20. The first kappa shape index (κ1) is 24.5. The van der Waals surface area contributed by atoms with Crippen LogP contribution in [0.15, 0.2) is 24.8 Å². The van der Waals surface area contributed by atoms with Crippen molar-refractivity contribution in [1.82, 2.24) is 5.32 Å². The van der Waals surface area contributed by atoms with Crippen LogP contribution in [0.4, 0.5) is 0 Å². The molecule has 1 aliphatic carbocycles. The number of hydrogen-bond acceptors (Lipinski definition) is 1. The molecular weight excluding hydrogens is 326 g/mol. The van der Waals surface area contributed by atoms with Gasteiger partial charge in [-0.2, -0.15) is 0 Å². The Labute approximate surface area is 171 Å². The van der Waals surface area contributed by atoms with E-state index in [1.54, 1.807) is 0 Å². The van der Waals surface area contributed by atoms with Crippen LogP contribution in [-0.2, 0) is 0 Å². The van der Waals surface area contributed by atoms with E-state index in [1.807, 2.05) is 6.08 Å². The smallest absolute Gasteiger partial charge is 0.00464 e. The molecule has 0 heterocycles. The fraction of sp³-hybridized carbons (Fsp3) is 0.846. The number of rotatable bonds is 19. The van der Waals surface area contributed by atoms with E-state index in [9.17, 15) is 0 Å². The summed E-state index contributed by atoms with van der Waals surface area (Å²) in [6, 6.07) is 0. The molecule has 0 radical (unpaired) electrons. The summed E-state index contributed by atoms with van der Waals surface area (Å²) < 4.78 is 0. The quantitative estimate of drug-likeness (QED) is 0.178. The van der Waals surface area contributed by atoms with Gasteiger partial charge in [0.25, 0.3) is 0 Å². The highest BCUT2D eigenvalue weighted by atomic mass is 14.8. The predicted octanol–water partition coefficient (Wildman–Crippen LogP) is 7.93. The third-order valence-electron chi connectivity index (χ3n) is 6.78. The lowest BCUT2D eigenvalue weighted by Crippen LogP contribution is -2.18. The van der Waals surface area contributed by atoms with Crippen LogP contribution in [0.1, 0.15) is 104 Å². The van der Waals surface area contributed by atoms with E-state index in [0.717, 1.165) is 36.6 Å². The van der Waals surface area contributed by atoms with E-state index < -0.39 is 0 Å². The summed E-state index contributed by atoms with van der Waals surface area (Å²) in [5.74, 6) is 3.68. The van der Waals surface area contributed by atoms with Gasteiger partial charge < -0.3 is 5.32 Å². The van der Waals surface area contributed by atoms with Crippen LogP contribution in [0.3, 0.4) is 0 Å². The van der Waals surface area contributed by atoms with Crippen molar-refractivity contribution < 1.29 is 0 Å². The van der Waals surface area contributed by atoms with Crippen molar-refractivity contribution in [3.8, 4) is 0 Å². The Morgan fingerprint density at radius 2 is 1.78 bits per heavy atom. The summed E-state index contributed by atoms with van der Waals surface area (Å²) in [6.07, 6.45) is 20.0. The van der Waals surface area contributed by atoms with E-state index in [0.29, 0.717) is 0 Å². The van der Waals surface area contributed by atoms with Crippen LogP contribution in [0.5, 0.6) is 0 Å². The van der Waals surface area contributed by atoms with Crippen LogP contribution >= 0.6 is 0 Å². The topological polar surface area (TPSA) is 12.0 Å². The van der Waals surface area contributed by atoms with Crippen molar-refractivity contribution in [2.45, 2.75) is 104 Å². The van der Waals surface area contributed by atoms with E-state index in [4.69, 9.17) is 0 Å². The highest BCUT2D eigenvalue weighted by Gasteiger charge is 2.37. The third-order valence-corrected chi connectivity index (χ3v) is 6.78. The van der Waals surface area contributed by atoms with Crippen LogP contribution in [0.25, 0.3) is 0 Å². The monoisotopic (exact) mass is 375 g/mol. The third kappa shape index (κ3) is 11.1. The molecule has 0 aromatic carbocycles. The molecule has 1 rings (SSSR count). The van der Waals surface area contributed by atoms with Crippen molar-refractivity contribution in [3.05, 3.63) is 24.8 Å². The molecule has 1 aliphatic rings. The average Bonchev–Trinajstić information content (AvgIpc) is 3.44. The molecule has 4 unspecified atom stereocenters. The molecule has 0 aliphatic heterocycles. The second kappa shape index (κ2) is 15.4. The maximum atomic E-state index is 4.23. The number of hydrogen-bond donors (Lipinski definition) is 1. The Hall–Kier alpha value is -0.560. The Morgan fingerprint density at radius 3 is 2.44 bits per heavy atom. The Balaban J connectivity index is 2.09. The van der Waals surface area contributed by atoms with Gasteiger partial charge in [0.05, 0.1) is 0 Å². The molecule has 0 saturated heterocycles. The minimum absolute atomic E-state index is 0.823. The molecule has 1 heteroatoms. The molecule has 1 N–H and O–H groups in total. The van der Waals surface area contributed by atoms with Gasteiger partial charge in [-0.1, -0.05) is 96.8 Å². The van der Waals surface area contributed by atoms with Gasteiger partial charge in [-0.15, -0.1) is 6.58 Å². The Kier molecular flexibility index (Phi) is 13.9. The van der Waals surface area contributed by atoms with Crippen molar-refractivity contribution in [2.75, 3.05) is 13.1 Å². The first-order valence-corrected chi connectivity index (χ1v) is 12.1.